The molecule has 0 heterocycles. The van der Waals surface area contributed by atoms with Crippen molar-refractivity contribution in [2.45, 2.75) is 72.1 Å². The molecular formula is C15H30O. The average Bonchev–Trinajstić information content (AvgIpc) is 2.20. The van der Waals surface area contributed by atoms with Crippen LogP contribution in [0.1, 0.15) is 72.1 Å². The Labute approximate surface area is 102 Å². The van der Waals surface area contributed by atoms with Gasteiger partial charge in [-0.05, 0) is 42.9 Å². The highest BCUT2D eigenvalue weighted by Gasteiger charge is 2.31. The minimum atomic E-state index is 0.369. The fourth-order valence-corrected chi connectivity index (χ4v) is 3.30. The van der Waals surface area contributed by atoms with Gasteiger partial charge in [0.1, 0.15) is 0 Å². The molecule has 16 heavy (non-hydrogen) atoms. The lowest BCUT2D eigenvalue weighted by molar-refractivity contribution is 0.121. The Morgan fingerprint density at radius 2 is 1.81 bits per heavy atom. The molecule has 1 saturated carbocycles. The van der Waals surface area contributed by atoms with Crippen LogP contribution >= 0.6 is 0 Å². The molecule has 0 amide bonds. The van der Waals surface area contributed by atoms with Crippen LogP contribution in [0.25, 0.3) is 0 Å². The van der Waals surface area contributed by atoms with Crippen LogP contribution in [0.3, 0.4) is 0 Å². The quantitative estimate of drug-likeness (QED) is 0.666. The van der Waals surface area contributed by atoms with Crippen molar-refractivity contribution in [1.82, 2.24) is 0 Å². The summed E-state index contributed by atoms with van der Waals surface area (Å²) in [6.45, 7) is 7.65. The molecule has 0 aromatic carbocycles. The first kappa shape index (κ1) is 14.0. The number of rotatable bonds is 6. The zero-order chi connectivity index (χ0) is 12.0. The van der Waals surface area contributed by atoms with Gasteiger partial charge in [-0.15, -0.1) is 0 Å². The van der Waals surface area contributed by atoms with Crippen molar-refractivity contribution in [3.63, 3.8) is 0 Å². The van der Waals surface area contributed by atoms with E-state index in [9.17, 15) is 0 Å². The van der Waals surface area contributed by atoms with E-state index < -0.39 is 0 Å². The van der Waals surface area contributed by atoms with Crippen LogP contribution in [-0.2, 0) is 0 Å². The second-order valence-corrected chi connectivity index (χ2v) is 6.57. The maximum absolute atomic E-state index is 8.71. The Bertz CT molecular complexity index is 186. The predicted octanol–water partition coefficient (Wildman–Crippen LogP) is 4.39. The van der Waals surface area contributed by atoms with E-state index in [1.54, 1.807) is 0 Å². The molecule has 1 aliphatic rings. The monoisotopic (exact) mass is 226 g/mol. The molecule has 0 saturated heterocycles. The Morgan fingerprint density at radius 1 is 1.12 bits per heavy atom. The van der Waals surface area contributed by atoms with Crippen molar-refractivity contribution in [1.29, 1.82) is 0 Å². The summed E-state index contributed by atoms with van der Waals surface area (Å²) in [4.78, 5) is 0. The Kier molecular flexibility index (Phi) is 5.82. The molecule has 1 nitrogen and oxygen atoms in total. The third-order valence-electron chi connectivity index (χ3n) is 4.35. The first-order valence-corrected chi connectivity index (χ1v) is 7.16. The van der Waals surface area contributed by atoms with E-state index in [1.807, 2.05) is 0 Å². The molecule has 0 radical (unpaired) electrons. The molecule has 2 unspecified atom stereocenters. The normalized spacial score (nSPS) is 29.2. The topological polar surface area (TPSA) is 20.2 Å². The zero-order valence-corrected chi connectivity index (χ0v) is 11.5. The van der Waals surface area contributed by atoms with Crippen molar-refractivity contribution in [2.75, 3.05) is 6.61 Å². The zero-order valence-electron chi connectivity index (χ0n) is 11.5. The van der Waals surface area contributed by atoms with Crippen LogP contribution in [0, 0.1) is 17.3 Å². The largest absolute Gasteiger partial charge is 0.396 e. The SMILES string of the molecule is CC1CC(C)(C)CCC1CCCCCCO. The fraction of sp³-hybridized carbons (Fsp3) is 1.00. The summed E-state index contributed by atoms with van der Waals surface area (Å²) in [5.74, 6) is 1.89. The molecule has 2 atom stereocenters. The first-order valence-electron chi connectivity index (χ1n) is 7.16. The van der Waals surface area contributed by atoms with Gasteiger partial charge >= 0.3 is 0 Å². The highest BCUT2D eigenvalue weighted by atomic mass is 16.2. The molecule has 1 N–H and O–H groups in total. The van der Waals surface area contributed by atoms with E-state index in [2.05, 4.69) is 20.8 Å². The van der Waals surface area contributed by atoms with Crippen molar-refractivity contribution in [3.05, 3.63) is 0 Å². The standard InChI is InChI=1S/C15H30O/c1-13-12-15(2,3)10-9-14(13)8-6-4-5-7-11-16/h13-14,16H,4-12H2,1-3H3. The molecule has 0 aliphatic heterocycles. The van der Waals surface area contributed by atoms with E-state index in [4.69, 9.17) is 5.11 Å². The lowest BCUT2D eigenvalue weighted by Gasteiger charge is -2.39. The summed E-state index contributed by atoms with van der Waals surface area (Å²) >= 11 is 0. The van der Waals surface area contributed by atoms with Crippen LogP contribution in [0.15, 0.2) is 0 Å². The van der Waals surface area contributed by atoms with Gasteiger partial charge in [-0.25, -0.2) is 0 Å². The fourth-order valence-electron chi connectivity index (χ4n) is 3.30. The van der Waals surface area contributed by atoms with Gasteiger partial charge < -0.3 is 5.11 Å². The summed E-state index contributed by atoms with van der Waals surface area (Å²) in [5, 5.41) is 8.71. The average molecular weight is 226 g/mol. The Hall–Kier alpha value is -0.0400. The summed E-state index contributed by atoms with van der Waals surface area (Å²) in [6.07, 6.45) is 10.6. The van der Waals surface area contributed by atoms with E-state index in [0.717, 1.165) is 18.3 Å². The highest BCUT2D eigenvalue weighted by Crippen LogP contribution is 2.43. The van der Waals surface area contributed by atoms with Gasteiger partial charge in [-0.3, -0.25) is 0 Å². The molecule has 1 rings (SSSR count). The minimum absolute atomic E-state index is 0.369. The molecule has 1 fully saturated rings. The molecular weight excluding hydrogens is 196 g/mol. The lowest BCUT2D eigenvalue weighted by Crippen LogP contribution is -2.28. The Balaban J connectivity index is 2.13. The Morgan fingerprint density at radius 3 is 2.44 bits per heavy atom. The molecule has 0 spiro atoms. The molecule has 0 bridgehead atoms. The van der Waals surface area contributed by atoms with Gasteiger partial charge in [0, 0.05) is 6.61 Å². The van der Waals surface area contributed by atoms with Crippen LogP contribution in [0.4, 0.5) is 0 Å². The number of hydrogen-bond acceptors (Lipinski definition) is 1. The summed E-state index contributed by atoms with van der Waals surface area (Å²) in [5.41, 5.74) is 0.590. The number of aliphatic hydroxyl groups excluding tert-OH is 1. The maximum Gasteiger partial charge on any atom is 0.0431 e. The van der Waals surface area contributed by atoms with Crippen LogP contribution in [-0.4, -0.2) is 11.7 Å². The maximum atomic E-state index is 8.71. The lowest BCUT2D eigenvalue weighted by atomic mass is 9.66. The molecule has 0 aromatic heterocycles. The van der Waals surface area contributed by atoms with Gasteiger partial charge in [-0.2, -0.15) is 0 Å². The summed E-state index contributed by atoms with van der Waals surface area (Å²) in [7, 11) is 0. The number of hydrogen-bond donors (Lipinski definition) is 1. The molecule has 1 heteroatoms. The highest BCUT2D eigenvalue weighted by molar-refractivity contribution is 4.82. The number of aliphatic hydroxyl groups is 1. The van der Waals surface area contributed by atoms with Crippen molar-refractivity contribution in [3.8, 4) is 0 Å². The van der Waals surface area contributed by atoms with Gasteiger partial charge in [0.25, 0.3) is 0 Å². The van der Waals surface area contributed by atoms with Crippen molar-refractivity contribution < 1.29 is 5.11 Å². The van der Waals surface area contributed by atoms with Crippen LogP contribution < -0.4 is 0 Å². The van der Waals surface area contributed by atoms with Crippen LogP contribution in [0.2, 0.25) is 0 Å². The van der Waals surface area contributed by atoms with Gasteiger partial charge in [0.2, 0.25) is 0 Å². The van der Waals surface area contributed by atoms with E-state index in [0.29, 0.717) is 12.0 Å². The predicted molar refractivity (Wildman–Crippen MR) is 70.5 cm³/mol. The molecule has 96 valence electrons. The second kappa shape index (κ2) is 6.64. The van der Waals surface area contributed by atoms with Crippen molar-refractivity contribution in [2.24, 2.45) is 17.3 Å². The van der Waals surface area contributed by atoms with E-state index in [1.165, 1.54) is 44.9 Å². The first-order chi connectivity index (χ1) is 7.55. The molecule has 1 aliphatic carbocycles. The van der Waals surface area contributed by atoms with Crippen molar-refractivity contribution >= 4 is 0 Å². The molecule has 0 aromatic rings. The minimum Gasteiger partial charge on any atom is -0.396 e. The van der Waals surface area contributed by atoms with Gasteiger partial charge in [-0.1, -0.05) is 46.5 Å². The van der Waals surface area contributed by atoms with Gasteiger partial charge in [0.05, 0.1) is 0 Å². The smallest absolute Gasteiger partial charge is 0.0431 e. The summed E-state index contributed by atoms with van der Waals surface area (Å²) in [6, 6.07) is 0. The number of unbranched alkanes of at least 4 members (excludes halogenated alkanes) is 3. The van der Waals surface area contributed by atoms with Gasteiger partial charge in [0.15, 0.2) is 0 Å². The second-order valence-electron chi connectivity index (χ2n) is 6.57. The van der Waals surface area contributed by atoms with Crippen LogP contribution in [0.5, 0.6) is 0 Å². The summed E-state index contributed by atoms with van der Waals surface area (Å²) < 4.78 is 0. The third kappa shape index (κ3) is 4.86. The van der Waals surface area contributed by atoms with E-state index in [-0.39, 0.29) is 0 Å². The third-order valence-corrected chi connectivity index (χ3v) is 4.35. The van der Waals surface area contributed by atoms with E-state index >= 15 is 0 Å².